The first kappa shape index (κ1) is 18.6. The van der Waals surface area contributed by atoms with Gasteiger partial charge in [-0.15, -0.1) is 12.4 Å². The molecule has 5 heteroatoms. The molecule has 0 aromatic heterocycles. The molecule has 1 saturated heterocycles. The van der Waals surface area contributed by atoms with Gasteiger partial charge in [-0.25, -0.2) is 0 Å². The lowest BCUT2D eigenvalue weighted by Crippen LogP contribution is -2.53. The Labute approximate surface area is 149 Å². The monoisotopic (exact) mass is 348 g/mol. The Kier molecular flexibility index (Phi) is 6.08. The molecular weight excluding hydrogens is 324 g/mol. The number of ether oxygens (including phenoxy) is 1. The van der Waals surface area contributed by atoms with Gasteiger partial charge in [0.15, 0.2) is 0 Å². The first-order valence-corrected chi connectivity index (χ1v) is 8.19. The van der Waals surface area contributed by atoms with Crippen molar-refractivity contribution < 1.29 is 9.53 Å². The molecule has 2 aromatic rings. The number of nitrogens with zero attached hydrogens (tertiary/aromatic N) is 1. The third kappa shape index (κ3) is 3.65. The van der Waals surface area contributed by atoms with Crippen molar-refractivity contribution in [3.63, 3.8) is 0 Å². The van der Waals surface area contributed by atoms with Crippen LogP contribution in [0.2, 0.25) is 0 Å². The van der Waals surface area contributed by atoms with E-state index in [1.54, 1.807) is 7.11 Å². The third-order valence-electron chi connectivity index (χ3n) is 4.73. The summed E-state index contributed by atoms with van der Waals surface area (Å²) in [6.07, 6.45) is 0. The van der Waals surface area contributed by atoms with E-state index in [4.69, 9.17) is 4.74 Å². The molecule has 0 bridgehead atoms. The van der Waals surface area contributed by atoms with Crippen LogP contribution in [0.4, 0.5) is 0 Å². The Morgan fingerprint density at radius 1 is 1.25 bits per heavy atom. The minimum Gasteiger partial charge on any atom is -0.497 e. The van der Waals surface area contributed by atoms with Crippen LogP contribution in [-0.4, -0.2) is 43.6 Å². The van der Waals surface area contributed by atoms with Gasteiger partial charge >= 0.3 is 0 Å². The van der Waals surface area contributed by atoms with Crippen molar-refractivity contribution in [2.75, 3.05) is 26.7 Å². The van der Waals surface area contributed by atoms with E-state index >= 15 is 0 Å². The number of nitrogens with one attached hydrogen (secondary N) is 1. The Morgan fingerprint density at radius 3 is 2.67 bits per heavy atom. The number of piperazine rings is 1. The molecule has 1 fully saturated rings. The van der Waals surface area contributed by atoms with Gasteiger partial charge in [-0.1, -0.05) is 24.3 Å². The molecule has 1 aliphatic heterocycles. The summed E-state index contributed by atoms with van der Waals surface area (Å²) in [5.74, 6) is 0.943. The maximum Gasteiger partial charge on any atom is 0.230 e. The molecule has 0 aliphatic carbocycles. The molecule has 1 N–H and O–H groups in total. The van der Waals surface area contributed by atoms with E-state index in [2.05, 4.69) is 30.4 Å². The summed E-state index contributed by atoms with van der Waals surface area (Å²) < 4.78 is 5.26. The number of halogens is 1. The fraction of sp³-hybridized carbons (Fsp3) is 0.421. The summed E-state index contributed by atoms with van der Waals surface area (Å²) >= 11 is 0. The normalized spacial score (nSPS) is 18.8. The molecule has 1 amide bonds. The van der Waals surface area contributed by atoms with Crippen LogP contribution >= 0.6 is 12.4 Å². The van der Waals surface area contributed by atoms with E-state index in [9.17, 15) is 4.79 Å². The highest BCUT2D eigenvalue weighted by Gasteiger charge is 2.27. The van der Waals surface area contributed by atoms with Crippen molar-refractivity contribution in [2.45, 2.75) is 25.8 Å². The molecule has 0 spiro atoms. The highest BCUT2D eigenvalue weighted by molar-refractivity contribution is 5.88. The largest absolute Gasteiger partial charge is 0.497 e. The van der Waals surface area contributed by atoms with E-state index in [0.29, 0.717) is 0 Å². The molecular formula is C19H25ClN2O2. The highest BCUT2D eigenvalue weighted by atomic mass is 35.5. The van der Waals surface area contributed by atoms with Crippen LogP contribution in [0, 0.1) is 0 Å². The molecule has 1 unspecified atom stereocenters. The average Bonchev–Trinajstić information content (AvgIpc) is 2.60. The number of hydrogen-bond donors (Lipinski definition) is 1. The molecule has 2 aromatic carbocycles. The summed E-state index contributed by atoms with van der Waals surface area (Å²) in [5, 5.41) is 5.59. The van der Waals surface area contributed by atoms with Gasteiger partial charge in [0, 0.05) is 25.7 Å². The topological polar surface area (TPSA) is 41.6 Å². The molecule has 24 heavy (non-hydrogen) atoms. The van der Waals surface area contributed by atoms with Crippen LogP contribution in [0.1, 0.15) is 25.3 Å². The SMILES string of the molecule is COc1ccc2cc(C(C)C(=O)N3CCNC[C@H]3C)ccc2c1.Cl. The van der Waals surface area contributed by atoms with Crippen LogP contribution in [0.5, 0.6) is 5.75 Å². The second kappa shape index (κ2) is 7.86. The Balaban J connectivity index is 0.00000208. The number of benzene rings is 2. The van der Waals surface area contributed by atoms with Gasteiger partial charge in [0.1, 0.15) is 5.75 Å². The van der Waals surface area contributed by atoms with Crippen molar-refractivity contribution in [1.82, 2.24) is 10.2 Å². The van der Waals surface area contributed by atoms with Crippen molar-refractivity contribution >= 4 is 29.1 Å². The number of fused-ring (bicyclic) bond motifs is 1. The summed E-state index contributed by atoms with van der Waals surface area (Å²) in [4.78, 5) is 14.8. The predicted octanol–water partition coefficient (Wildman–Crippen LogP) is 3.19. The zero-order valence-electron chi connectivity index (χ0n) is 14.4. The standard InChI is InChI=1S/C19H24N2O2.ClH/c1-13-12-20-8-9-21(13)19(22)14(2)15-4-5-17-11-18(23-3)7-6-16(17)10-15;/h4-7,10-11,13-14,20H,8-9,12H2,1-3H3;1H/t13-,14?;/m1./s1. The maximum atomic E-state index is 12.8. The summed E-state index contributed by atoms with van der Waals surface area (Å²) in [5.41, 5.74) is 1.07. The van der Waals surface area contributed by atoms with Crippen LogP contribution < -0.4 is 10.1 Å². The van der Waals surface area contributed by atoms with E-state index in [-0.39, 0.29) is 30.3 Å². The van der Waals surface area contributed by atoms with Gasteiger partial charge in [0.05, 0.1) is 13.0 Å². The first-order valence-electron chi connectivity index (χ1n) is 8.19. The van der Waals surface area contributed by atoms with Crippen molar-refractivity contribution in [2.24, 2.45) is 0 Å². The molecule has 1 aliphatic rings. The summed E-state index contributed by atoms with van der Waals surface area (Å²) in [6.45, 7) is 6.64. The lowest BCUT2D eigenvalue weighted by molar-refractivity contribution is -0.135. The number of amides is 1. The van der Waals surface area contributed by atoms with Crippen molar-refractivity contribution in [3.8, 4) is 5.75 Å². The average molecular weight is 349 g/mol. The third-order valence-corrected chi connectivity index (χ3v) is 4.73. The number of carbonyl (C=O) groups is 1. The molecule has 2 atom stereocenters. The quantitative estimate of drug-likeness (QED) is 0.926. The number of methoxy groups -OCH3 is 1. The summed E-state index contributed by atoms with van der Waals surface area (Å²) in [6, 6.07) is 12.5. The molecule has 0 saturated carbocycles. The number of hydrogen-bond acceptors (Lipinski definition) is 3. The fourth-order valence-corrected chi connectivity index (χ4v) is 3.20. The smallest absolute Gasteiger partial charge is 0.230 e. The van der Waals surface area contributed by atoms with Crippen LogP contribution in [0.15, 0.2) is 36.4 Å². The maximum absolute atomic E-state index is 12.8. The van der Waals surface area contributed by atoms with Gasteiger partial charge in [-0.3, -0.25) is 4.79 Å². The lowest BCUT2D eigenvalue weighted by Gasteiger charge is -2.35. The van der Waals surface area contributed by atoms with E-state index < -0.39 is 0 Å². The van der Waals surface area contributed by atoms with Gasteiger partial charge in [0.2, 0.25) is 5.91 Å². The Bertz CT molecular complexity index is 720. The Hall–Kier alpha value is -1.78. The number of rotatable bonds is 3. The van der Waals surface area contributed by atoms with Crippen LogP contribution in [-0.2, 0) is 4.79 Å². The van der Waals surface area contributed by atoms with Gasteiger partial charge in [-0.05, 0) is 42.3 Å². The van der Waals surface area contributed by atoms with Gasteiger partial charge in [0.25, 0.3) is 0 Å². The van der Waals surface area contributed by atoms with Crippen molar-refractivity contribution in [3.05, 3.63) is 42.0 Å². The molecule has 4 nitrogen and oxygen atoms in total. The predicted molar refractivity (Wildman–Crippen MR) is 100 cm³/mol. The molecule has 0 radical (unpaired) electrons. The Morgan fingerprint density at radius 2 is 1.96 bits per heavy atom. The van der Waals surface area contributed by atoms with Crippen LogP contribution in [0.3, 0.4) is 0 Å². The minimum atomic E-state index is -0.123. The highest BCUT2D eigenvalue weighted by Crippen LogP contribution is 2.26. The molecule has 3 rings (SSSR count). The second-order valence-corrected chi connectivity index (χ2v) is 6.28. The van der Waals surface area contributed by atoms with E-state index in [1.165, 1.54) is 0 Å². The van der Waals surface area contributed by atoms with E-state index in [1.807, 2.05) is 30.0 Å². The zero-order chi connectivity index (χ0) is 16.4. The van der Waals surface area contributed by atoms with E-state index in [0.717, 1.165) is 41.7 Å². The van der Waals surface area contributed by atoms with Crippen LogP contribution in [0.25, 0.3) is 10.8 Å². The number of carbonyl (C=O) groups excluding carboxylic acids is 1. The fourth-order valence-electron chi connectivity index (χ4n) is 3.20. The molecule has 130 valence electrons. The lowest BCUT2D eigenvalue weighted by atomic mass is 9.95. The first-order chi connectivity index (χ1) is 11.1. The van der Waals surface area contributed by atoms with Crippen molar-refractivity contribution in [1.29, 1.82) is 0 Å². The van der Waals surface area contributed by atoms with Gasteiger partial charge in [-0.2, -0.15) is 0 Å². The summed E-state index contributed by atoms with van der Waals surface area (Å²) in [7, 11) is 1.67. The zero-order valence-corrected chi connectivity index (χ0v) is 15.2. The minimum absolute atomic E-state index is 0. The molecule has 1 heterocycles. The second-order valence-electron chi connectivity index (χ2n) is 6.28. The van der Waals surface area contributed by atoms with Gasteiger partial charge < -0.3 is 15.0 Å².